The lowest BCUT2D eigenvalue weighted by molar-refractivity contribution is 0.242. The topological polar surface area (TPSA) is 75.4 Å². The summed E-state index contributed by atoms with van der Waals surface area (Å²) < 4.78 is 0. The fourth-order valence-corrected chi connectivity index (χ4v) is 0.179. The van der Waals surface area contributed by atoms with Gasteiger partial charge < -0.3 is 16.2 Å². The van der Waals surface area contributed by atoms with Gasteiger partial charge in [0.1, 0.15) is 0 Å². The third-order valence-electron chi connectivity index (χ3n) is 0.411. The normalized spacial score (nSPS) is 7.12. The molecule has 0 aliphatic carbocycles. The zero-order valence-corrected chi connectivity index (χ0v) is 5.07. The summed E-state index contributed by atoms with van der Waals surface area (Å²) in [7, 11) is 0. The molecule has 0 fully saturated rings. The molecule has 4 N–H and O–H groups in total. The summed E-state index contributed by atoms with van der Waals surface area (Å²) in [5.74, 6) is 0. The first kappa shape index (κ1) is 10.5. The molecule has 0 atom stereocenters. The molecule has 0 unspecified atom stereocenters. The summed E-state index contributed by atoms with van der Waals surface area (Å²) >= 11 is 0. The summed E-state index contributed by atoms with van der Waals surface area (Å²) in [5, 5.41) is 10.2. The monoisotopic (exact) mass is 140 g/mol. The van der Waals surface area contributed by atoms with Gasteiger partial charge in [0.05, 0.1) is 6.61 Å². The molecule has 0 spiro atoms. The van der Waals surface area contributed by atoms with Crippen LogP contribution in [-0.4, -0.2) is 24.3 Å². The predicted octanol–water partition coefficient (Wildman–Crippen LogP) is -0.931. The van der Waals surface area contributed by atoms with Crippen molar-refractivity contribution >= 4 is 18.4 Å². The SMILES string of the molecule is Cl.NC(=O)NCCO. The van der Waals surface area contributed by atoms with E-state index in [0.717, 1.165) is 0 Å². The van der Waals surface area contributed by atoms with Gasteiger partial charge in [-0.3, -0.25) is 0 Å². The minimum absolute atomic E-state index is 0. The van der Waals surface area contributed by atoms with Gasteiger partial charge >= 0.3 is 6.03 Å². The van der Waals surface area contributed by atoms with Crippen molar-refractivity contribution in [1.29, 1.82) is 0 Å². The van der Waals surface area contributed by atoms with E-state index in [-0.39, 0.29) is 25.6 Å². The van der Waals surface area contributed by atoms with Crippen molar-refractivity contribution in [2.75, 3.05) is 13.2 Å². The Morgan fingerprint density at radius 3 is 2.38 bits per heavy atom. The number of halogens is 1. The van der Waals surface area contributed by atoms with Crippen molar-refractivity contribution in [3.63, 3.8) is 0 Å². The van der Waals surface area contributed by atoms with E-state index in [1.54, 1.807) is 0 Å². The van der Waals surface area contributed by atoms with Crippen molar-refractivity contribution in [2.24, 2.45) is 5.73 Å². The average Bonchev–Trinajstić information content (AvgIpc) is 1.61. The number of amides is 2. The van der Waals surface area contributed by atoms with Crippen LogP contribution in [0.2, 0.25) is 0 Å². The van der Waals surface area contributed by atoms with Gasteiger partial charge in [-0.15, -0.1) is 12.4 Å². The molecular weight excluding hydrogens is 131 g/mol. The van der Waals surface area contributed by atoms with Gasteiger partial charge in [0.2, 0.25) is 0 Å². The second kappa shape index (κ2) is 6.52. The smallest absolute Gasteiger partial charge is 0.312 e. The van der Waals surface area contributed by atoms with E-state index in [0.29, 0.717) is 0 Å². The molecule has 0 aliphatic heterocycles. The summed E-state index contributed by atoms with van der Waals surface area (Å²) in [6.45, 7) is 0.165. The van der Waals surface area contributed by atoms with Crippen LogP contribution in [0.5, 0.6) is 0 Å². The van der Waals surface area contributed by atoms with Crippen LogP contribution in [0.25, 0.3) is 0 Å². The molecule has 0 aromatic heterocycles. The fourth-order valence-electron chi connectivity index (χ4n) is 0.179. The van der Waals surface area contributed by atoms with Gasteiger partial charge in [-0.1, -0.05) is 0 Å². The number of carbonyl (C=O) groups is 1. The first-order valence-electron chi connectivity index (χ1n) is 1.91. The molecule has 0 aromatic rings. The number of hydrogen-bond donors (Lipinski definition) is 3. The minimum atomic E-state index is -0.603. The Kier molecular flexibility index (Phi) is 8.55. The molecule has 0 radical (unpaired) electrons. The van der Waals surface area contributed by atoms with Crippen LogP contribution in [0.4, 0.5) is 4.79 Å². The second-order valence-corrected chi connectivity index (χ2v) is 1.01. The van der Waals surface area contributed by atoms with Gasteiger partial charge in [-0.25, -0.2) is 4.79 Å². The number of aliphatic hydroxyl groups excluding tert-OH is 1. The maximum atomic E-state index is 9.76. The Hall–Kier alpha value is -0.480. The van der Waals surface area contributed by atoms with Crippen molar-refractivity contribution < 1.29 is 9.90 Å². The standard InChI is InChI=1S/C3H8N2O2.ClH/c4-3(7)5-1-2-6;/h6H,1-2H2,(H3,4,5,7);1H. The van der Waals surface area contributed by atoms with Crippen molar-refractivity contribution in [3.05, 3.63) is 0 Å². The highest BCUT2D eigenvalue weighted by Crippen LogP contribution is 1.52. The van der Waals surface area contributed by atoms with Crippen LogP contribution in [0.3, 0.4) is 0 Å². The van der Waals surface area contributed by atoms with E-state index in [9.17, 15) is 4.79 Å². The quantitative estimate of drug-likeness (QED) is 0.464. The maximum absolute atomic E-state index is 9.76. The van der Waals surface area contributed by atoms with Crippen LogP contribution >= 0.6 is 12.4 Å². The highest BCUT2D eigenvalue weighted by Gasteiger charge is 1.84. The van der Waals surface area contributed by atoms with E-state index in [1.165, 1.54) is 0 Å². The summed E-state index contributed by atoms with van der Waals surface area (Å²) in [6, 6.07) is -0.603. The molecule has 0 heterocycles. The number of hydrogen-bond acceptors (Lipinski definition) is 2. The van der Waals surface area contributed by atoms with Gasteiger partial charge in [0.15, 0.2) is 0 Å². The Morgan fingerprint density at radius 1 is 1.75 bits per heavy atom. The molecule has 0 aromatic carbocycles. The summed E-state index contributed by atoms with van der Waals surface area (Å²) in [5.41, 5.74) is 4.62. The molecule has 0 bridgehead atoms. The summed E-state index contributed by atoms with van der Waals surface area (Å²) in [4.78, 5) is 9.76. The van der Waals surface area contributed by atoms with Gasteiger partial charge in [-0.05, 0) is 0 Å². The lowest BCUT2D eigenvalue weighted by atomic mass is 10.7. The molecular formula is C3H9ClN2O2. The molecule has 2 amide bonds. The minimum Gasteiger partial charge on any atom is -0.395 e. The maximum Gasteiger partial charge on any atom is 0.312 e. The van der Waals surface area contributed by atoms with Crippen LogP contribution in [0.1, 0.15) is 0 Å². The van der Waals surface area contributed by atoms with Crippen molar-refractivity contribution in [1.82, 2.24) is 5.32 Å². The Bertz CT molecular complexity index is 68.3. The van der Waals surface area contributed by atoms with Gasteiger partial charge in [-0.2, -0.15) is 0 Å². The fraction of sp³-hybridized carbons (Fsp3) is 0.667. The molecule has 0 saturated heterocycles. The molecule has 0 rings (SSSR count). The molecule has 0 saturated carbocycles. The Morgan fingerprint density at radius 2 is 2.25 bits per heavy atom. The number of urea groups is 1. The number of nitrogens with two attached hydrogens (primary N) is 1. The Labute approximate surface area is 53.5 Å². The highest BCUT2D eigenvalue weighted by atomic mass is 35.5. The molecule has 50 valence electrons. The first-order valence-corrected chi connectivity index (χ1v) is 1.91. The van der Waals surface area contributed by atoms with Crippen molar-refractivity contribution in [2.45, 2.75) is 0 Å². The molecule has 0 aliphatic rings. The second-order valence-electron chi connectivity index (χ2n) is 1.01. The number of aliphatic hydroxyl groups is 1. The van der Waals surface area contributed by atoms with E-state index in [1.807, 2.05) is 0 Å². The largest absolute Gasteiger partial charge is 0.395 e. The predicted molar refractivity (Wildman–Crippen MR) is 31.9 cm³/mol. The number of carbonyl (C=O) groups excluding carboxylic acids is 1. The molecule has 4 nitrogen and oxygen atoms in total. The van der Waals surface area contributed by atoms with Crippen molar-refractivity contribution in [3.8, 4) is 0 Å². The van der Waals surface area contributed by atoms with E-state index in [2.05, 4.69) is 11.1 Å². The van der Waals surface area contributed by atoms with E-state index in [4.69, 9.17) is 5.11 Å². The zero-order valence-electron chi connectivity index (χ0n) is 4.26. The number of rotatable bonds is 2. The highest BCUT2D eigenvalue weighted by molar-refractivity contribution is 5.85. The molecule has 8 heavy (non-hydrogen) atoms. The molecule has 5 heteroatoms. The van der Waals surface area contributed by atoms with Gasteiger partial charge in [0, 0.05) is 6.54 Å². The lowest BCUT2D eigenvalue weighted by Crippen LogP contribution is -2.31. The number of nitrogens with one attached hydrogen (secondary N) is 1. The average molecular weight is 141 g/mol. The van der Waals surface area contributed by atoms with E-state index < -0.39 is 6.03 Å². The van der Waals surface area contributed by atoms with Crippen LogP contribution < -0.4 is 11.1 Å². The summed E-state index contributed by atoms with van der Waals surface area (Å²) in [6.07, 6.45) is 0. The third-order valence-corrected chi connectivity index (χ3v) is 0.411. The lowest BCUT2D eigenvalue weighted by Gasteiger charge is -1.92. The van der Waals surface area contributed by atoms with Crippen LogP contribution in [0, 0.1) is 0 Å². The number of primary amides is 1. The zero-order chi connectivity index (χ0) is 5.70. The first-order chi connectivity index (χ1) is 3.27. The van der Waals surface area contributed by atoms with Crippen LogP contribution in [-0.2, 0) is 0 Å². The van der Waals surface area contributed by atoms with Crippen LogP contribution in [0.15, 0.2) is 0 Å². The third kappa shape index (κ3) is 9.10. The van der Waals surface area contributed by atoms with Gasteiger partial charge in [0.25, 0.3) is 0 Å². The van der Waals surface area contributed by atoms with E-state index >= 15 is 0 Å². The Balaban J connectivity index is 0.